The van der Waals surface area contributed by atoms with E-state index in [1.807, 2.05) is 0 Å². The van der Waals surface area contributed by atoms with Crippen LogP contribution in [0.25, 0.3) is 0 Å². The summed E-state index contributed by atoms with van der Waals surface area (Å²) in [5.74, 6) is -3.48. The van der Waals surface area contributed by atoms with E-state index in [-0.39, 0.29) is 25.9 Å². The average molecular weight is 343 g/mol. The lowest BCUT2D eigenvalue weighted by Crippen LogP contribution is -2.50. The van der Waals surface area contributed by atoms with Crippen molar-refractivity contribution in [2.24, 2.45) is 5.73 Å². The molecule has 0 saturated carbocycles. The summed E-state index contributed by atoms with van der Waals surface area (Å²) in [6.45, 7) is -0.0762. The van der Waals surface area contributed by atoms with Crippen LogP contribution in [-0.2, 0) is 20.8 Å². The quantitative estimate of drug-likeness (QED) is 0.220. The van der Waals surface area contributed by atoms with Gasteiger partial charge in [-0.25, -0.2) is 4.98 Å². The summed E-state index contributed by atoms with van der Waals surface area (Å²) in [4.78, 5) is 39.6. The van der Waals surface area contributed by atoms with E-state index in [0.29, 0.717) is 5.69 Å². The second-order valence-electron chi connectivity index (χ2n) is 5.16. The Hall–Kier alpha value is -2.50. The number of imidazole rings is 1. The molecule has 0 radical (unpaired) electrons. The monoisotopic (exact) mass is 343 g/mol. The summed E-state index contributed by atoms with van der Waals surface area (Å²) in [7, 11) is 0. The van der Waals surface area contributed by atoms with Gasteiger partial charge in [-0.2, -0.15) is 0 Å². The standard InChI is InChI=1S/C13H21N5O6/c14-8(11(19)20)1-2-16-10(13(23)24)5-17-9(12(21)22)3-7-4-15-6-18-7/h4,6,8-10,16-17H,1-3,5,14H2,(H,15,18)(H,19,20)(H,21,22)(H,23,24). The largest absolute Gasteiger partial charge is 0.480 e. The van der Waals surface area contributed by atoms with Crippen molar-refractivity contribution in [2.75, 3.05) is 13.1 Å². The number of carbonyl (C=O) groups is 3. The molecule has 0 aliphatic carbocycles. The smallest absolute Gasteiger partial charge is 0.322 e. The highest BCUT2D eigenvalue weighted by Gasteiger charge is 2.23. The number of rotatable bonds is 12. The van der Waals surface area contributed by atoms with Crippen LogP contribution >= 0.6 is 0 Å². The second-order valence-corrected chi connectivity index (χ2v) is 5.16. The molecule has 11 heteroatoms. The number of aromatic amines is 1. The van der Waals surface area contributed by atoms with E-state index in [1.54, 1.807) is 0 Å². The Morgan fingerprint density at radius 1 is 1.12 bits per heavy atom. The van der Waals surface area contributed by atoms with E-state index in [9.17, 15) is 19.5 Å². The number of nitrogens with two attached hydrogens (primary N) is 1. The maximum absolute atomic E-state index is 11.2. The third kappa shape index (κ3) is 6.73. The van der Waals surface area contributed by atoms with Gasteiger partial charge < -0.3 is 36.7 Å². The van der Waals surface area contributed by atoms with Gasteiger partial charge in [0.2, 0.25) is 0 Å². The number of carboxylic acids is 3. The summed E-state index contributed by atoms with van der Waals surface area (Å²) in [5.41, 5.74) is 5.93. The number of hydrogen-bond donors (Lipinski definition) is 7. The molecule has 1 heterocycles. The zero-order chi connectivity index (χ0) is 18.1. The van der Waals surface area contributed by atoms with Gasteiger partial charge in [0.15, 0.2) is 0 Å². The van der Waals surface area contributed by atoms with E-state index in [1.165, 1.54) is 12.5 Å². The molecule has 1 aromatic rings. The van der Waals surface area contributed by atoms with Crippen LogP contribution in [0.4, 0.5) is 0 Å². The Morgan fingerprint density at radius 2 is 1.79 bits per heavy atom. The molecule has 0 fully saturated rings. The van der Waals surface area contributed by atoms with Crippen LogP contribution in [0.15, 0.2) is 12.5 Å². The van der Waals surface area contributed by atoms with Gasteiger partial charge >= 0.3 is 17.9 Å². The van der Waals surface area contributed by atoms with E-state index in [2.05, 4.69) is 20.6 Å². The minimum Gasteiger partial charge on any atom is -0.480 e. The Morgan fingerprint density at radius 3 is 2.29 bits per heavy atom. The Balaban J connectivity index is 2.49. The predicted molar refractivity (Wildman–Crippen MR) is 81.4 cm³/mol. The first-order valence-electron chi connectivity index (χ1n) is 7.19. The lowest BCUT2D eigenvalue weighted by Gasteiger charge is -2.19. The summed E-state index contributed by atoms with van der Waals surface area (Å²) in [6, 6.07) is -3.16. The molecule has 3 atom stereocenters. The van der Waals surface area contributed by atoms with Gasteiger partial charge in [0.1, 0.15) is 18.1 Å². The number of aromatic nitrogens is 2. The number of nitrogens with zero attached hydrogens (tertiary/aromatic N) is 1. The van der Waals surface area contributed by atoms with Crippen LogP contribution < -0.4 is 16.4 Å². The first-order valence-corrected chi connectivity index (χ1v) is 7.19. The van der Waals surface area contributed by atoms with Crippen LogP contribution in [0.3, 0.4) is 0 Å². The molecule has 0 spiro atoms. The number of hydrogen-bond acceptors (Lipinski definition) is 7. The molecular formula is C13H21N5O6. The van der Waals surface area contributed by atoms with Crippen LogP contribution in [-0.4, -0.2) is 74.4 Å². The van der Waals surface area contributed by atoms with Crippen molar-refractivity contribution in [2.45, 2.75) is 31.0 Å². The molecule has 0 saturated heterocycles. The lowest BCUT2D eigenvalue weighted by atomic mass is 10.1. The van der Waals surface area contributed by atoms with E-state index < -0.39 is 36.0 Å². The molecule has 0 amide bonds. The van der Waals surface area contributed by atoms with Crippen LogP contribution in [0.2, 0.25) is 0 Å². The van der Waals surface area contributed by atoms with Crippen molar-refractivity contribution in [3.8, 4) is 0 Å². The third-order valence-electron chi connectivity index (χ3n) is 3.31. The zero-order valence-electron chi connectivity index (χ0n) is 12.8. The van der Waals surface area contributed by atoms with Gasteiger partial charge in [-0.3, -0.25) is 14.4 Å². The molecule has 3 unspecified atom stereocenters. The number of aliphatic carboxylic acids is 3. The van der Waals surface area contributed by atoms with E-state index in [4.69, 9.17) is 15.9 Å². The van der Waals surface area contributed by atoms with Crippen molar-refractivity contribution in [1.29, 1.82) is 0 Å². The van der Waals surface area contributed by atoms with Crippen molar-refractivity contribution >= 4 is 17.9 Å². The molecule has 0 aliphatic heterocycles. The SMILES string of the molecule is NC(CCNC(CNC(Cc1cnc[nH]1)C(=O)O)C(=O)O)C(=O)O. The van der Waals surface area contributed by atoms with Crippen LogP contribution in [0.1, 0.15) is 12.1 Å². The van der Waals surface area contributed by atoms with Crippen molar-refractivity contribution in [1.82, 2.24) is 20.6 Å². The molecule has 1 aromatic heterocycles. The number of nitrogens with one attached hydrogen (secondary N) is 3. The molecule has 0 bridgehead atoms. The molecule has 134 valence electrons. The third-order valence-corrected chi connectivity index (χ3v) is 3.31. The molecular weight excluding hydrogens is 322 g/mol. The van der Waals surface area contributed by atoms with Gasteiger partial charge in [-0.05, 0) is 13.0 Å². The maximum Gasteiger partial charge on any atom is 0.322 e. The van der Waals surface area contributed by atoms with Crippen molar-refractivity contribution in [3.05, 3.63) is 18.2 Å². The van der Waals surface area contributed by atoms with Gasteiger partial charge in [0, 0.05) is 24.9 Å². The van der Waals surface area contributed by atoms with Gasteiger partial charge in [-0.1, -0.05) is 0 Å². The molecule has 1 rings (SSSR count). The highest BCUT2D eigenvalue weighted by atomic mass is 16.4. The maximum atomic E-state index is 11.2. The summed E-state index contributed by atoms with van der Waals surface area (Å²) < 4.78 is 0. The fraction of sp³-hybridized carbons (Fsp3) is 0.538. The second kappa shape index (κ2) is 9.60. The first kappa shape index (κ1) is 19.5. The number of H-pyrrole nitrogens is 1. The highest BCUT2D eigenvalue weighted by molar-refractivity contribution is 5.75. The van der Waals surface area contributed by atoms with Crippen molar-refractivity contribution < 1.29 is 29.7 Å². The van der Waals surface area contributed by atoms with Gasteiger partial charge in [-0.15, -0.1) is 0 Å². The minimum absolute atomic E-state index is 0.0512. The topological polar surface area (TPSA) is 191 Å². The fourth-order valence-electron chi connectivity index (χ4n) is 1.91. The number of carboxylic acid groups (broad SMARTS) is 3. The summed E-state index contributed by atoms with van der Waals surface area (Å²) >= 11 is 0. The highest BCUT2D eigenvalue weighted by Crippen LogP contribution is 1.99. The van der Waals surface area contributed by atoms with E-state index in [0.717, 1.165) is 0 Å². The predicted octanol–water partition coefficient (Wildman–Crippen LogP) is -2.16. The van der Waals surface area contributed by atoms with Crippen LogP contribution in [0.5, 0.6) is 0 Å². The Bertz CT molecular complexity index is 549. The van der Waals surface area contributed by atoms with E-state index >= 15 is 0 Å². The molecule has 0 aromatic carbocycles. The minimum atomic E-state index is -1.18. The fourth-order valence-corrected chi connectivity index (χ4v) is 1.91. The lowest BCUT2D eigenvalue weighted by molar-refractivity contribution is -0.142. The summed E-state index contributed by atoms with van der Waals surface area (Å²) in [6.07, 6.45) is 3.07. The van der Waals surface area contributed by atoms with Crippen LogP contribution in [0, 0.1) is 0 Å². The van der Waals surface area contributed by atoms with Gasteiger partial charge in [0.05, 0.1) is 6.33 Å². The first-order chi connectivity index (χ1) is 11.3. The van der Waals surface area contributed by atoms with Gasteiger partial charge in [0.25, 0.3) is 0 Å². The normalized spacial score (nSPS) is 14.7. The average Bonchev–Trinajstić information content (AvgIpc) is 3.01. The molecule has 24 heavy (non-hydrogen) atoms. The molecule has 0 aliphatic rings. The Kier molecular flexibility index (Phi) is 7.82. The molecule has 11 nitrogen and oxygen atoms in total. The Labute approximate surface area is 137 Å². The summed E-state index contributed by atoms with van der Waals surface area (Å²) in [5, 5.41) is 32.3. The van der Waals surface area contributed by atoms with Crippen molar-refractivity contribution in [3.63, 3.8) is 0 Å². The molecule has 8 N–H and O–H groups in total. The zero-order valence-corrected chi connectivity index (χ0v) is 12.8.